The van der Waals surface area contributed by atoms with Gasteiger partial charge in [0.25, 0.3) is 15.9 Å². The lowest BCUT2D eigenvalue weighted by molar-refractivity contribution is 0.0785. The molecule has 1 N–H and O–H groups in total. The first-order chi connectivity index (χ1) is 11.7. The van der Waals surface area contributed by atoms with E-state index in [4.69, 9.17) is 0 Å². The second-order valence-corrected chi connectivity index (χ2v) is 6.87. The molecule has 0 aliphatic carbocycles. The van der Waals surface area contributed by atoms with Gasteiger partial charge < -0.3 is 4.90 Å². The van der Waals surface area contributed by atoms with Crippen LogP contribution in [0.15, 0.2) is 47.4 Å². The molecule has 2 rings (SSSR count). The average molecular weight is 370 g/mol. The molecule has 2 aromatic rings. The van der Waals surface area contributed by atoms with Crippen LogP contribution in [0, 0.1) is 11.6 Å². The van der Waals surface area contributed by atoms with Crippen LogP contribution in [0.5, 0.6) is 0 Å². The number of amides is 1. The van der Waals surface area contributed by atoms with E-state index in [1.54, 1.807) is 0 Å². The molecule has 0 bridgehead atoms. The van der Waals surface area contributed by atoms with Gasteiger partial charge in [0.1, 0.15) is 0 Å². The molecule has 0 unspecified atom stereocenters. The summed E-state index contributed by atoms with van der Waals surface area (Å²) in [7, 11) is -1.13. The van der Waals surface area contributed by atoms with Crippen LogP contribution in [0.1, 0.15) is 15.9 Å². The zero-order chi connectivity index (χ0) is 18.6. The van der Waals surface area contributed by atoms with Gasteiger partial charge in [0.15, 0.2) is 11.6 Å². The van der Waals surface area contributed by atoms with Crippen molar-refractivity contribution in [2.45, 2.75) is 11.4 Å². The molecule has 9 heteroatoms. The van der Waals surface area contributed by atoms with Gasteiger partial charge in [-0.1, -0.05) is 11.0 Å². The highest BCUT2D eigenvalue weighted by molar-refractivity contribution is 7.89. The number of nitrogens with zero attached hydrogens (tertiary/aromatic N) is 1. The maximum atomic E-state index is 13.2. The largest absolute Gasteiger partial charge is 0.337 e. The van der Waals surface area contributed by atoms with Crippen molar-refractivity contribution in [3.05, 3.63) is 65.2 Å². The van der Waals surface area contributed by atoms with E-state index in [1.165, 1.54) is 49.4 Å². The molecule has 0 heterocycles. The summed E-state index contributed by atoms with van der Waals surface area (Å²) in [6.07, 6.45) is 0. The Kier molecular flexibility index (Phi) is 5.83. The lowest BCUT2D eigenvalue weighted by Crippen LogP contribution is -2.26. The number of benzene rings is 2. The summed E-state index contributed by atoms with van der Waals surface area (Å²) in [6.45, 7) is 0.0707. The number of carbonyl (C=O) groups excluding carboxylic acids is 1. The Morgan fingerprint density at radius 2 is 1.76 bits per heavy atom. The molecule has 0 atom stereocenters. The van der Waals surface area contributed by atoms with Crippen molar-refractivity contribution in [1.29, 1.82) is 0 Å². The van der Waals surface area contributed by atoms with Crippen molar-refractivity contribution in [3.63, 3.8) is 0 Å². The van der Waals surface area contributed by atoms with Crippen LogP contribution < -0.4 is 4.89 Å². The van der Waals surface area contributed by atoms with Crippen molar-refractivity contribution in [2.75, 3.05) is 14.2 Å². The normalized spacial score (nSPS) is 11.4. The van der Waals surface area contributed by atoms with Gasteiger partial charge in [-0.05, 0) is 42.0 Å². The average Bonchev–Trinajstić information content (AvgIpc) is 2.57. The summed E-state index contributed by atoms with van der Waals surface area (Å²) in [5.41, 5.74) is 0.680. The topological polar surface area (TPSA) is 75.7 Å². The van der Waals surface area contributed by atoms with E-state index in [0.29, 0.717) is 5.56 Å². The molecular formula is C16H16F2N2O4S. The minimum absolute atomic E-state index is 0.0610. The second kappa shape index (κ2) is 7.68. The van der Waals surface area contributed by atoms with Gasteiger partial charge in [-0.25, -0.2) is 17.2 Å². The van der Waals surface area contributed by atoms with E-state index in [1.807, 2.05) is 4.89 Å². The third-order valence-electron chi connectivity index (χ3n) is 3.36. The van der Waals surface area contributed by atoms with E-state index < -0.39 is 27.6 Å². The maximum Gasteiger partial charge on any atom is 0.262 e. The van der Waals surface area contributed by atoms with E-state index >= 15 is 0 Å². The second-order valence-electron chi connectivity index (χ2n) is 5.22. The third-order valence-corrected chi connectivity index (χ3v) is 4.63. The fourth-order valence-electron chi connectivity index (χ4n) is 2.14. The Hall–Kier alpha value is -2.36. The van der Waals surface area contributed by atoms with Crippen molar-refractivity contribution < 1.29 is 26.8 Å². The summed E-state index contributed by atoms with van der Waals surface area (Å²) in [5, 5.41) is 0. The van der Waals surface area contributed by atoms with E-state index in [9.17, 15) is 22.0 Å². The fraction of sp³-hybridized carbons (Fsp3) is 0.188. The Labute approximate surface area is 144 Å². The minimum Gasteiger partial charge on any atom is -0.337 e. The standard InChI is InChI=1S/C16H16F2N2O4S/c1-20(10-11-3-8-14(17)15(18)9-11)16(21)12-4-6-13(7-5-12)25(22,23)19-24-2/h3-9,19H,10H2,1-2H3. The van der Waals surface area contributed by atoms with Crippen molar-refractivity contribution in [1.82, 2.24) is 9.79 Å². The highest BCUT2D eigenvalue weighted by Crippen LogP contribution is 2.14. The quantitative estimate of drug-likeness (QED) is 0.790. The van der Waals surface area contributed by atoms with Crippen LogP contribution in [-0.2, 0) is 21.4 Å². The van der Waals surface area contributed by atoms with E-state index in [2.05, 4.69) is 4.84 Å². The highest BCUT2D eigenvalue weighted by Gasteiger charge is 2.17. The molecule has 0 fully saturated rings. The Bertz CT molecular complexity index is 870. The summed E-state index contributed by atoms with van der Waals surface area (Å²) in [6, 6.07) is 8.63. The number of hydrogen-bond donors (Lipinski definition) is 1. The van der Waals surface area contributed by atoms with Crippen LogP contribution in [0.4, 0.5) is 8.78 Å². The van der Waals surface area contributed by atoms with Gasteiger partial charge in [-0.3, -0.25) is 9.63 Å². The first kappa shape index (κ1) is 19.0. The molecule has 0 aliphatic rings. The molecule has 0 aromatic heterocycles. The molecular weight excluding hydrogens is 354 g/mol. The summed E-state index contributed by atoms with van der Waals surface area (Å²) < 4.78 is 49.7. The molecule has 0 spiro atoms. The minimum atomic E-state index is -3.80. The first-order valence-electron chi connectivity index (χ1n) is 7.09. The lowest BCUT2D eigenvalue weighted by Gasteiger charge is -2.17. The molecule has 0 saturated carbocycles. The zero-order valence-corrected chi connectivity index (χ0v) is 14.3. The third kappa shape index (κ3) is 4.59. The zero-order valence-electron chi connectivity index (χ0n) is 13.5. The van der Waals surface area contributed by atoms with Crippen LogP contribution in [0.25, 0.3) is 0 Å². The van der Waals surface area contributed by atoms with Gasteiger partial charge in [-0.15, -0.1) is 0 Å². The number of hydrogen-bond acceptors (Lipinski definition) is 4. The lowest BCUT2D eigenvalue weighted by atomic mass is 10.1. The van der Waals surface area contributed by atoms with Crippen molar-refractivity contribution in [2.24, 2.45) is 0 Å². The molecule has 1 amide bonds. The monoisotopic (exact) mass is 370 g/mol. The summed E-state index contributed by atoms with van der Waals surface area (Å²) in [4.78, 5) is 19.9. The Morgan fingerprint density at radius 3 is 2.32 bits per heavy atom. The van der Waals surface area contributed by atoms with E-state index in [0.717, 1.165) is 12.1 Å². The molecule has 0 aliphatic heterocycles. The van der Waals surface area contributed by atoms with Crippen LogP contribution in [0.2, 0.25) is 0 Å². The van der Waals surface area contributed by atoms with Crippen molar-refractivity contribution >= 4 is 15.9 Å². The maximum absolute atomic E-state index is 13.2. The molecule has 0 radical (unpaired) electrons. The number of nitrogens with one attached hydrogen (secondary N) is 1. The summed E-state index contributed by atoms with van der Waals surface area (Å²) in [5.74, 6) is -2.34. The van der Waals surface area contributed by atoms with Gasteiger partial charge in [-0.2, -0.15) is 0 Å². The Balaban J connectivity index is 2.12. The number of rotatable bonds is 6. The number of halogens is 2. The Morgan fingerprint density at radius 1 is 1.12 bits per heavy atom. The molecule has 0 saturated heterocycles. The predicted molar refractivity (Wildman–Crippen MR) is 85.9 cm³/mol. The fourth-order valence-corrected chi connectivity index (χ4v) is 2.95. The molecule has 2 aromatic carbocycles. The van der Waals surface area contributed by atoms with Gasteiger partial charge in [0.2, 0.25) is 0 Å². The highest BCUT2D eigenvalue weighted by atomic mass is 32.2. The molecule has 6 nitrogen and oxygen atoms in total. The van der Waals surface area contributed by atoms with Crippen LogP contribution >= 0.6 is 0 Å². The van der Waals surface area contributed by atoms with Gasteiger partial charge in [0.05, 0.1) is 12.0 Å². The molecule has 134 valence electrons. The first-order valence-corrected chi connectivity index (χ1v) is 8.57. The van der Waals surface area contributed by atoms with Crippen LogP contribution in [0.3, 0.4) is 0 Å². The smallest absolute Gasteiger partial charge is 0.262 e. The summed E-state index contributed by atoms with van der Waals surface area (Å²) >= 11 is 0. The van der Waals surface area contributed by atoms with Gasteiger partial charge >= 0.3 is 0 Å². The number of sulfonamides is 1. The number of carbonyl (C=O) groups is 1. The van der Waals surface area contributed by atoms with E-state index in [-0.39, 0.29) is 17.0 Å². The predicted octanol–water partition coefficient (Wildman–Crippen LogP) is 2.08. The van der Waals surface area contributed by atoms with Gasteiger partial charge in [0, 0.05) is 19.2 Å². The molecule has 25 heavy (non-hydrogen) atoms. The SMILES string of the molecule is CONS(=O)(=O)c1ccc(C(=O)N(C)Cc2ccc(F)c(F)c2)cc1. The van der Waals surface area contributed by atoms with Crippen molar-refractivity contribution in [3.8, 4) is 0 Å². The van der Waals surface area contributed by atoms with Crippen LogP contribution in [-0.4, -0.2) is 33.4 Å².